The molecule has 0 saturated heterocycles. The fourth-order valence-corrected chi connectivity index (χ4v) is 2.89. The standard InChI is InChI=1S/C17H15BrClN5O3/c1-10(24-7-6-14(21-24)17(26)27)16(25)20-15-13(18)9-23(22-15)8-11-2-4-12(19)5-3-11/h2-7,9-10H,8H2,1H3,(H,26,27)(H,20,22,25). The maximum Gasteiger partial charge on any atom is 0.356 e. The minimum atomic E-state index is -1.15. The van der Waals surface area contributed by atoms with E-state index in [4.69, 9.17) is 16.7 Å². The second kappa shape index (κ2) is 7.93. The van der Waals surface area contributed by atoms with Gasteiger partial charge in [0.05, 0.1) is 11.0 Å². The molecule has 8 nitrogen and oxygen atoms in total. The summed E-state index contributed by atoms with van der Waals surface area (Å²) >= 11 is 9.26. The Labute approximate surface area is 167 Å². The van der Waals surface area contributed by atoms with Crippen molar-refractivity contribution in [2.75, 3.05) is 5.32 Å². The van der Waals surface area contributed by atoms with Crippen molar-refractivity contribution in [1.82, 2.24) is 19.6 Å². The highest BCUT2D eigenvalue weighted by Gasteiger charge is 2.20. The van der Waals surface area contributed by atoms with E-state index in [0.717, 1.165) is 5.56 Å². The summed E-state index contributed by atoms with van der Waals surface area (Å²) in [5.74, 6) is -1.15. The lowest BCUT2D eigenvalue weighted by Crippen LogP contribution is -2.24. The smallest absolute Gasteiger partial charge is 0.356 e. The van der Waals surface area contributed by atoms with Gasteiger partial charge in [-0.15, -0.1) is 0 Å². The van der Waals surface area contributed by atoms with E-state index in [1.54, 1.807) is 29.9 Å². The molecule has 1 aromatic carbocycles. The Kier molecular flexibility index (Phi) is 5.62. The molecule has 0 aliphatic rings. The van der Waals surface area contributed by atoms with Crippen molar-refractivity contribution in [2.24, 2.45) is 0 Å². The van der Waals surface area contributed by atoms with Crippen LogP contribution in [0.15, 0.2) is 47.2 Å². The maximum atomic E-state index is 12.4. The van der Waals surface area contributed by atoms with Crippen molar-refractivity contribution in [3.05, 3.63) is 63.5 Å². The number of carboxylic acids is 1. The van der Waals surface area contributed by atoms with Crippen molar-refractivity contribution in [1.29, 1.82) is 0 Å². The van der Waals surface area contributed by atoms with E-state index in [-0.39, 0.29) is 11.6 Å². The number of hydrogen-bond donors (Lipinski definition) is 2. The van der Waals surface area contributed by atoms with Crippen LogP contribution in [0, 0.1) is 0 Å². The van der Waals surface area contributed by atoms with E-state index in [1.807, 2.05) is 12.1 Å². The molecule has 3 aromatic rings. The van der Waals surface area contributed by atoms with Crippen LogP contribution in [0.2, 0.25) is 5.02 Å². The van der Waals surface area contributed by atoms with Crippen LogP contribution in [0.5, 0.6) is 0 Å². The van der Waals surface area contributed by atoms with Crippen LogP contribution < -0.4 is 5.32 Å². The number of carboxylic acid groups (broad SMARTS) is 1. The van der Waals surface area contributed by atoms with Crippen molar-refractivity contribution < 1.29 is 14.7 Å². The molecule has 0 radical (unpaired) electrons. The lowest BCUT2D eigenvalue weighted by molar-refractivity contribution is -0.119. The van der Waals surface area contributed by atoms with Crippen molar-refractivity contribution in [3.8, 4) is 0 Å². The van der Waals surface area contributed by atoms with Gasteiger partial charge < -0.3 is 10.4 Å². The second-order valence-corrected chi connectivity index (χ2v) is 7.09. The average Bonchev–Trinajstić information content (AvgIpc) is 3.24. The fraction of sp³-hybridized carbons (Fsp3) is 0.176. The molecule has 2 aromatic heterocycles. The number of carbonyl (C=O) groups excluding carboxylic acids is 1. The van der Waals surface area contributed by atoms with Gasteiger partial charge in [-0.1, -0.05) is 23.7 Å². The number of anilines is 1. The van der Waals surface area contributed by atoms with Gasteiger partial charge in [-0.3, -0.25) is 14.2 Å². The molecular weight excluding hydrogens is 438 g/mol. The fourth-order valence-electron chi connectivity index (χ4n) is 2.35. The lowest BCUT2D eigenvalue weighted by Gasteiger charge is -2.11. The quantitative estimate of drug-likeness (QED) is 0.596. The molecule has 27 heavy (non-hydrogen) atoms. The largest absolute Gasteiger partial charge is 0.476 e. The molecule has 2 heterocycles. The SMILES string of the molecule is CC(C(=O)Nc1nn(Cc2ccc(Cl)cc2)cc1Br)n1ccc(C(=O)O)n1. The zero-order valence-electron chi connectivity index (χ0n) is 14.1. The topological polar surface area (TPSA) is 102 Å². The normalized spacial score (nSPS) is 12.0. The summed E-state index contributed by atoms with van der Waals surface area (Å²) in [6, 6.07) is 8.03. The third-order valence-corrected chi connectivity index (χ3v) is 4.65. The molecule has 0 saturated carbocycles. The highest BCUT2D eigenvalue weighted by Crippen LogP contribution is 2.22. The molecule has 0 aliphatic heterocycles. The molecule has 0 fully saturated rings. The summed E-state index contributed by atoms with van der Waals surface area (Å²) in [5, 5.41) is 20.5. The number of amides is 1. The Balaban J connectivity index is 1.69. The van der Waals surface area contributed by atoms with E-state index in [1.165, 1.54) is 16.9 Å². The van der Waals surface area contributed by atoms with Gasteiger partial charge in [0, 0.05) is 17.4 Å². The van der Waals surface area contributed by atoms with Gasteiger partial charge in [0.1, 0.15) is 6.04 Å². The summed E-state index contributed by atoms with van der Waals surface area (Å²) in [5.41, 5.74) is 0.890. The molecule has 1 amide bonds. The van der Waals surface area contributed by atoms with E-state index in [0.29, 0.717) is 21.9 Å². The first-order chi connectivity index (χ1) is 12.8. The van der Waals surface area contributed by atoms with E-state index >= 15 is 0 Å². The molecule has 2 N–H and O–H groups in total. The zero-order chi connectivity index (χ0) is 19.6. The minimum Gasteiger partial charge on any atom is -0.476 e. The number of hydrogen-bond acceptors (Lipinski definition) is 4. The maximum absolute atomic E-state index is 12.4. The van der Waals surface area contributed by atoms with Gasteiger partial charge in [0.25, 0.3) is 0 Å². The highest BCUT2D eigenvalue weighted by atomic mass is 79.9. The third kappa shape index (κ3) is 4.55. The molecule has 0 spiro atoms. The summed E-state index contributed by atoms with van der Waals surface area (Å²) < 4.78 is 3.60. The van der Waals surface area contributed by atoms with Crippen molar-refractivity contribution in [3.63, 3.8) is 0 Å². The predicted molar refractivity (Wildman–Crippen MR) is 103 cm³/mol. The first kappa shape index (κ1) is 19.1. The van der Waals surface area contributed by atoms with Crippen LogP contribution in [0.3, 0.4) is 0 Å². The average molecular weight is 453 g/mol. The van der Waals surface area contributed by atoms with Crippen LogP contribution in [0.1, 0.15) is 29.0 Å². The van der Waals surface area contributed by atoms with E-state index in [9.17, 15) is 9.59 Å². The zero-order valence-corrected chi connectivity index (χ0v) is 16.5. The third-order valence-electron chi connectivity index (χ3n) is 3.82. The molecule has 0 bridgehead atoms. The second-order valence-electron chi connectivity index (χ2n) is 5.80. The molecule has 0 aliphatic carbocycles. The number of nitrogens with one attached hydrogen (secondary N) is 1. The van der Waals surface area contributed by atoms with Gasteiger partial charge >= 0.3 is 5.97 Å². The van der Waals surface area contributed by atoms with Crippen LogP contribution >= 0.6 is 27.5 Å². The number of halogens is 2. The predicted octanol–water partition coefficient (Wildman–Crippen LogP) is 3.44. The number of aromatic carboxylic acids is 1. The Hall–Kier alpha value is -2.65. The van der Waals surface area contributed by atoms with E-state index < -0.39 is 12.0 Å². The van der Waals surface area contributed by atoms with E-state index in [2.05, 4.69) is 31.4 Å². The van der Waals surface area contributed by atoms with Crippen LogP contribution in [0.4, 0.5) is 5.82 Å². The monoisotopic (exact) mass is 451 g/mol. The highest BCUT2D eigenvalue weighted by molar-refractivity contribution is 9.10. The van der Waals surface area contributed by atoms with Gasteiger partial charge in [-0.25, -0.2) is 4.79 Å². The van der Waals surface area contributed by atoms with Gasteiger partial charge in [-0.2, -0.15) is 10.2 Å². The number of aromatic nitrogens is 4. The molecule has 140 valence electrons. The molecule has 1 unspecified atom stereocenters. The molecule has 10 heteroatoms. The first-order valence-electron chi connectivity index (χ1n) is 7.90. The lowest BCUT2D eigenvalue weighted by atomic mass is 10.2. The minimum absolute atomic E-state index is 0.122. The number of nitrogens with zero attached hydrogens (tertiary/aromatic N) is 4. The van der Waals surface area contributed by atoms with Gasteiger partial charge in [0.2, 0.25) is 5.91 Å². The van der Waals surface area contributed by atoms with Gasteiger partial charge in [-0.05, 0) is 46.6 Å². The van der Waals surface area contributed by atoms with Crippen LogP contribution in [-0.2, 0) is 11.3 Å². The Bertz CT molecular complexity index is 983. The first-order valence-corrected chi connectivity index (χ1v) is 9.07. The number of rotatable bonds is 6. The van der Waals surface area contributed by atoms with Gasteiger partial charge in [0.15, 0.2) is 11.5 Å². The summed E-state index contributed by atoms with van der Waals surface area (Å²) in [4.78, 5) is 23.4. The molecular formula is C17H15BrClN5O3. The molecule has 1 atom stereocenters. The Morgan fingerprint density at radius 1 is 1.26 bits per heavy atom. The van der Waals surface area contributed by atoms with Crippen LogP contribution in [0.25, 0.3) is 0 Å². The Morgan fingerprint density at radius 3 is 2.59 bits per heavy atom. The summed E-state index contributed by atoms with van der Waals surface area (Å²) in [6.45, 7) is 2.13. The number of carbonyl (C=O) groups is 2. The van der Waals surface area contributed by atoms with Crippen molar-refractivity contribution >= 4 is 45.2 Å². The van der Waals surface area contributed by atoms with Crippen LogP contribution in [-0.4, -0.2) is 36.5 Å². The number of benzene rings is 1. The summed E-state index contributed by atoms with van der Waals surface area (Å²) in [6.07, 6.45) is 3.20. The molecule has 3 rings (SSSR count). The summed E-state index contributed by atoms with van der Waals surface area (Å²) in [7, 11) is 0. The van der Waals surface area contributed by atoms with Crippen molar-refractivity contribution in [2.45, 2.75) is 19.5 Å². The Morgan fingerprint density at radius 2 is 1.96 bits per heavy atom.